The zero-order valence-corrected chi connectivity index (χ0v) is 13.9. The summed E-state index contributed by atoms with van der Waals surface area (Å²) in [5.74, 6) is 0. The molecule has 2 rings (SSSR count). The first kappa shape index (κ1) is 16.5. The van der Waals surface area contributed by atoms with Crippen LogP contribution in [-0.4, -0.2) is 40.9 Å². The van der Waals surface area contributed by atoms with Gasteiger partial charge in [-0.3, -0.25) is 4.68 Å². The van der Waals surface area contributed by atoms with Crippen molar-refractivity contribution in [1.29, 1.82) is 0 Å². The van der Waals surface area contributed by atoms with E-state index in [0.717, 1.165) is 26.2 Å². The number of hydrogen-bond donors (Lipinski definition) is 1. The zero-order valence-electron chi connectivity index (χ0n) is 13.9. The predicted molar refractivity (Wildman–Crippen MR) is 88.5 cm³/mol. The predicted octanol–water partition coefficient (Wildman–Crippen LogP) is 3.21. The maximum Gasteiger partial charge on any atom is 0.0762 e. The summed E-state index contributed by atoms with van der Waals surface area (Å²) in [4.78, 5) is 2.47. The van der Waals surface area contributed by atoms with Crippen LogP contribution in [0.5, 0.6) is 0 Å². The molecular formula is C17H32N4. The Morgan fingerprint density at radius 2 is 2.00 bits per heavy atom. The molecule has 1 N–H and O–H groups in total. The lowest BCUT2D eigenvalue weighted by atomic mass is 9.96. The second kappa shape index (κ2) is 9.21. The Morgan fingerprint density at radius 3 is 2.71 bits per heavy atom. The number of nitrogens with one attached hydrogen (secondary N) is 1. The number of aromatic nitrogens is 2. The number of rotatable bonds is 9. The molecule has 1 heterocycles. The van der Waals surface area contributed by atoms with E-state index in [9.17, 15) is 0 Å². The maximum absolute atomic E-state index is 4.74. The van der Waals surface area contributed by atoms with E-state index >= 15 is 0 Å². The lowest BCUT2D eigenvalue weighted by Crippen LogP contribution is -2.27. The Balaban J connectivity index is 1.63. The molecule has 0 bridgehead atoms. The molecule has 0 atom stereocenters. The molecule has 4 nitrogen and oxygen atoms in total. The van der Waals surface area contributed by atoms with Crippen LogP contribution in [0.4, 0.5) is 0 Å². The summed E-state index contributed by atoms with van der Waals surface area (Å²) in [6, 6.07) is 2.82. The lowest BCUT2D eigenvalue weighted by molar-refractivity contribution is 0.297. The van der Waals surface area contributed by atoms with Gasteiger partial charge in [0.2, 0.25) is 0 Å². The quantitative estimate of drug-likeness (QED) is 0.710. The summed E-state index contributed by atoms with van der Waals surface area (Å²) >= 11 is 0. The molecule has 1 aromatic rings. The summed E-state index contributed by atoms with van der Waals surface area (Å²) in [6.07, 6.45) is 10.1. The van der Waals surface area contributed by atoms with Crippen molar-refractivity contribution in [2.24, 2.45) is 0 Å². The van der Waals surface area contributed by atoms with Crippen molar-refractivity contribution in [3.63, 3.8) is 0 Å². The van der Waals surface area contributed by atoms with E-state index in [2.05, 4.69) is 41.0 Å². The fourth-order valence-corrected chi connectivity index (χ4v) is 3.20. The van der Waals surface area contributed by atoms with Gasteiger partial charge in [0.1, 0.15) is 0 Å². The highest BCUT2D eigenvalue weighted by molar-refractivity contribution is 4.99. The first-order valence-electron chi connectivity index (χ1n) is 8.80. The molecule has 21 heavy (non-hydrogen) atoms. The van der Waals surface area contributed by atoms with E-state index in [1.54, 1.807) is 0 Å². The maximum atomic E-state index is 4.74. The van der Waals surface area contributed by atoms with Crippen LogP contribution in [0.3, 0.4) is 0 Å². The Hall–Kier alpha value is -0.870. The van der Waals surface area contributed by atoms with Gasteiger partial charge in [0.05, 0.1) is 11.7 Å². The molecule has 0 unspecified atom stereocenters. The molecule has 1 saturated carbocycles. The highest BCUT2D eigenvalue weighted by Crippen LogP contribution is 2.27. The van der Waals surface area contributed by atoms with E-state index in [1.165, 1.54) is 50.8 Å². The van der Waals surface area contributed by atoms with Gasteiger partial charge in [-0.25, -0.2) is 0 Å². The van der Waals surface area contributed by atoms with Gasteiger partial charge in [-0.1, -0.05) is 33.1 Å². The Kier molecular flexibility index (Phi) is 7.24. The highest BCUT2D eigenvalue weighted by Gasteiger charge is 2.15. The standard InChI is InChI=1S/C17H32N4/c1-3-20(4-2)13-8-12-18-15-16-11-14-21(19-16)17-9-6-5-7-10-17/h11,14,17-18H,3-10,12-13,15H2,1-2H3. The monoisotopic (exact) mass is 292 g/mol. The van der Waals surface area contributed by atoms with Crippen molar-refractivity contribution in [1.82, 2.24) is 20.0 Å². The van der Waals surface area contributed by atoms with Gasteiger partial charge in [-0.05, 0) is 51.5 Å². The Morgan fingerprint density at radius 1 is 1.24 bits per heavy atom. The van der Waals surface area contributed by atoms with Gasteiger partial charge in [0.25, 0.3) is 0 Å². The summed E-state index contributed by atoms with van der Waals surface area (Å²) in [6.45, 7) is 9.94. The minimum atomic E-state index is 0.648. The molecule has 0 spiro atoms. The Labute approximate surface area is 129 Å². The molecule has 0 aromatic carbocycles. The number of hydrogen-bond acceptors (Lipinski definition) is 3. The van der Waals surface area contributed by atoms with E-state index in [0.29, 0.717) is 6.04 Å². The topological polar surface area (TPSA) is 33.1 Å². The van der Waals surface area contributed by atoms with Gasteiger partial charge in [0, 0.05) is 12.7 Å². The molecule has 1 fully saturated rings. The fourth-order valence-electron chi connectivity index (χ4n) is 3.20. The van der Waals surface area contributed by atoms with Crippen molar-refractivity contribution in [2.45, 2.75) is 65.0 Å². The molecule has 0 amide bonds. The lowest BCUT2D eigenvalue weighted by Gasteiger charge is -2.21. The molecule has 4 heteroatoms. The second-order valence-electron chi connectivity index (χ2n) is 6.14. The third-order valence-electron chi connectivity index (χ3n) is 4.64. The molecule has 1 aromatic heterocycles. The molecule has 0 radical (unpaired) electrons. The fraction of sp³-hybridized carbons (Fsp3) is 0.824. The molecular weight excluding hydrogens is 260 g/mol. The average Bonchev–Trinajstić information content (AvgIpc) is 3.01. The van der Waals surface area contributed by atoms with Gasteiger partial charge >= 0.3 is 0 Å². The van der Waals surface area contributed by atoms with Crippen LogP contribution in [-0.2, 0) is 6.54 Å². The Bertz CT molecular complexity index is 378. The minimum absolute atomic E-state index is 0.648. The third kappa shape index (κ3) is 5.44. The van der Waals surface area contributed by atoms with Gasteiger partial charge in [-0.2, -0.15) is 5.10 Å². The first-order valence-corrected chi connectivity index (χ1v) is 8.80. The number of nitrogens with zero attached hydrogens (tertiary/aromatic N) is 3. The third-order valence-corrected chi connectivity index (χ3v) is 4.64. The zero-order chi connectivity index (χ0) is 14.9. The van der Waals surface area contributed by atoms with E-state index in [1.807, 2.05) is 0 Å². The van der Waals surface area contributed by atoms with Gasteiger partial charge in [0.15, 0.2) is 0 Å². The van der Waals surface area contributed by atoms with Crippen molar-refractivity contribution >= 4 is 0 Å². The molecule has 0 aliphatic heterocycles. The van der Waals surface area contributed by atoms with Gasteiger partial charge < -0.3 is 10.2 Å². The minimum Gasteiger partial charge on any atom is -0.311 e. The van der Waals surface area contributed by atoms with E-state index in [-0.39, 0.29) is 0 Å². The summed E-state index contributed by atoms with van der Waals surface area (Å²) in [5, 5.41) is 8.26. The first-order chi connectivity index (χ1) is 10.3. The second-order valence-corrected chi connectivity index (χ2v) is 6.14. The average molecular weight is 292 g/mol. The SMILES string of the molecule is CCN(CC)CCCNCc1ccn(C2CCCCC2)n1. The van der Waals surface area contributed by atoms with Crippen LogP contribution in [0, 0.1) is 0 Å². The molecule has 1 aliphatic rings. The van der Waals surface area contributed by atoms with Crippen molar-refractivity contribution < 1.29 is 0 Å². The normalized spacial score (nSPS) is 16.7. The molecule has 0 saturated heterocycles. The van der Waals surface area contributed by atoms with Crippen molar-refractivity contribution in [3.8, 4) is 0 Å². The summed E-state index contributed by atoms with van der Waals surface area (Å²) < 4.78 is 2.20. The summed E-state index contributed by atoms with van der Waals surface area (Å²) in [5.41, 5.74) is 1.18. The largest absolute Gasteiger partial charge is 0.311 e. The smallest absolute Gasteiger partial charge is 0.0762 e. The van der Waals surface area contributed by atoms with Crippen LogP contribution < -0.4 is 5.32 Å². The van der Waals surface area contributed by atoms with Crippen molar-refractivity contribution in [2.75, 3.05) is 26.2 Å². The van der Waals surface area contributed by atoms with E-state index in [4.69, 9.17) is 5.10 Å². The molecule has 1 aliphatic carbocycles. The van der Waals surface area contributed by atoms with Crippen LogP contribution >= 0.6 is 0 Å². The van der Waals surface area contributed by atoms with E-state index < -0.39 is 0 Å². The highest BCUT2D eigenvalue weighted by atomic mass is 15.3. The molecule has 120 valence electrons. The van der Waals surface area contributed by atoms with Crippen molar-refractivity contribution in [3.05, 3.63) is 18.0 Å². The van der Waals surface area contributed by atoms with Gasteiger partial charge in [-0.15, -0.1) is 0 Å². The van der Waals surface area contributed by atoms with Crippen LogP contribution in [0.2, 0.25) is 0 Å². The van der Waals surface area contributed by atoms with Crippen LogP contribution in [0.25, 0.3) is 0 Å². The van der Waals surface area contributed by atoms with Crippen LogP contribution in [0.15, 0.2) is 12.3 Å². The van der Waals surface area contributed by atoms with Crippen LogP contribution in [0.1, 0.15) is 64.1 Å². The summed E-state index contributed by atoms with van der Waals surface area (Å²) in [7, 11) is 0.